The van der Waals surface area contributed by atoms with Crippen LogP contribution >= 0.6 is 11.6 Å². The first-order valence-electron chi connectivity index (χ1n) is 5.34. The summed E-state index contributed by atoms with van der Waals surface area (Å²) in [4.78, 5) is 4.16. The second-order valence-corrected chi connectivity index (χ2v) is 7.18. The average Bonchev–Trinajstić information content (AvgIpc) is 2.51. The Labute approximate surface area is 118 Å². The van der Waals surface area contributed by atoms with E-state index in [4.69, 9.17) is 11.6 Å². The maximum Gasteiger partial charge on any atom is 0.440 e. The van der Waals surface area contributed by atoms with Crippen molar-refractivity contribution in [3.05, 3.63) is 23.4 Å². The Bertz CT molecular complexity index is 626. The molecule has 0 spiro atoms. The van der Waals surface area contributed by atoms with Crippen molar-refractivity contribution in [1.82, 2.24) is 4.90 Å². The van der Waals surface area contributed by atoms with Crippen molar-refractivity contribution < 1.29 is 26.7 Å². The largest absolute Gasteiger partial charge is 0.440 e. The van der Waals surface area contributed by atoms with Gasteiger partial charge in [0.2, 0.25) is 0 Å². The second-order valence-electron chi connectivity index (χ2n) is 4.56. The molecular formula is C10H10ClF3N2O3S. The molecule has 0 aromatic rings. The van der Waals surface area contributed by atoms with Crippen LogP contribution in [0.3, 0.4) is 0 Å². The highest BCUT2D eigenvalue weighted by molar-refractivity contribution is 7.90. The molecule has 2 aliphatic rings. The third kappa shape index (κ3) is 2.57. The fraction of sp³-hybridized carbons (Fsp3) is 0.500. The Morgan fingerprint density at radius 3 is 2.60 bits per heavy atom. The van der Waals surface area contributed by atoms with Crippen molar-refractivity contribution in [1.29, 1.82) is 0 Å². The standard InChI is InChI=1S/C10H10ClF3N2O3S/c1-20(18,19)5-7-9(17,10(12,13)14)15-8-3-2-6(11)4-16(7)8/h2-4,7,17H,5H2,1H3. The van der Waals surface area contributed by atoms with Crippen LogP contribution in [0.1, 0.15) is 0 Å². The summed E-state index contributed by atoms with van der Waals surface area (Å²) in [5.74, 6) is -1.10. The first kappa shape index (κ1) is 15.3. The van der Waals surface area contributed by atoms with Gasteiger partial charge in [-0.15, -0.1) is 0 Å². The van der Waals surface area contributed by atoms with Crippen LogP contribution in [0.25, 0.3) is 0 Å². The number of fused-ring (bicyclic) bond motifs is 1. The Morgan fingerprint density at radius 1 is 1.50 bits per heavy atom. The lowest BCUT2D eigenvalue weighted by atomic mass is 10.1. The molecule has 0 amide bonds. The number of allylic oxidation sites excluding steroid dienone is 2. The Kier molecular flexibility index (Phi) is 3.43. The zero-order valence-corrected chi connectivity index (χ0v) is 11.7. The van der Waals surface area contributed by atoms with Gasteiger partial charge in [0.25, 0.3) is 5.72 Å². The zero-order valence-electron chi connectivity index (χ0n) is 10.1. The van der Waals surface area contributed by atoms with E-state index in [1.54, 1.807) is 0 Å². The number of hydrogen-bond donors (Lipinski definition) is 1. The summed E-state index contributed by atoms with van der Waals surface area (Å²) in [6, 6.07) is -1.81. The zero-order chi connectivity index (χ0) is 15.3. The van der Waals surface area contributed by atoms with Crippen LogP contribution in [0.4, 0.5) is 13.2 Å². The van der Waals surface area contributed by atoms with Crippen LogP contribution in [0.2, 0.25) is 0 Å². The van der Waals surface area contributed by atoms with E-state index < -0.39 is 33.5 Å². The summed E-state index contributed by atoms with van der Waals surface area (Å²) < 4.78 is 61.8. The van der Waals surface area contributed by atoms with Crippen LogP contribution < -0.4 is 0 Å². The minimum absolute atomic E-state index is 0.105. The van der Waals surface area contributed by atoms with E-state index in [1.807, 2.05) is 0 Å². The molecule has 0 aliphatic carbocycles. The van der Waals surface area contributed by atoms with Crippen LogP contribution in [0.5, 0.6) is 0 Å². The van der Waals surface area contributed by atoms with Gasteiger partial charge in [0, 0.05) is 12.5 Å². The van der Waals surface area contributed by atoms with Gasteiger partial charge >= 0.3 is 6.18 Å². The minimum atomic E-state index is -5.11. The fourth-order valence-electron chi connectivity index (χ4n) is 2.01. The number of amidine groups is 1. The van der Waals surface area contributed by atoms with Gasteiger partial charge in [-0.1, -0.05) is 11.6 Å². The van der Waals surface area contributed by atoms with Crippen molar-refractivity contribution >= 4 is 27.3 Å². The molecule has 0 radical (unpaired) electrons. The van der Waals surface area contributed by atoms with E-state index >= 15 is 0 Å². The van der Waals surface area contributed by atoms with Gasteiger partial charge in [-0.3, -0.25) is 0 Å². The van der Waals surface area contributed by atoms with E-state index in [2.05, 4.69) is 4.99 Å². The van der Waals surface area contributed by atoms with Crippen LogP contribution in [0, 0.1) is 0 Å². The van der Waals surface area contributed by atoms with Crippen molar-refractivity contribution in [2.75, 3.05) is 12.0 Å². The molecule has 10 heteroatoms. The van der Waals surface area contributed by atoms with Crippen molar-refractivity contribution in [3.63, 3.8) is 0 Å². The molecule has 1 N–H and O–H groups in total. The van der Waals surface area contributed by atoms with Gasteiger partial charge in [-0.25, -0.2) is 13.4 Å². The maximum atomic E-state index is 13.1. The Balaban J connectivity index is 2.52. The molecule has 0 saturated carbocycles. The van der Waals surface area contributed by atoms with Crippen LogP contribution in [-0.4, -0.2) is 54.2 Å². The predicted molar refractivity (Wildman–Crippen MR) is 66.9 cm³/mol. The molecular weight excluding hydrogens is 321 g/mol. The van der Waals surface area contributed by atoms with E-state index in [0.29, 0.717) is 0 Å². The second kappa shape index (κ2) is 4.47. The van der Waals surface area contributed by atoms with Gasteiger partial charge in [-0.2, -0.15) is 13.2 Å². The maximum absolute atomic E-state index is 13.1. The molecule has 2 rings (SSSR count). The Hall–Kier alpha value is -1.06. The molecule has 2 heterocycles. The molecule has 0 fully saturated rings. The molecule has 0 saturated heterocycles. The summed E-state index contributed by atoms with van der Waals surface area (Å²) in [6.07, 6.45) is -0.731. The highest BCUT2D eigenvalue weighted by Gasteiger charge is 2.64. The fourth-order valence-corrected chi connectivity index (χ4v) is 3.14. The summed E-state index contributed by atoms with van der Waals surface area (Å²) >= 11 is 5.69. The number of nitrogens with zero attached hydrogens (tertiary/aromatic N) is 2. The number of aliphatic hydroxyl groups is 1. The summed E-state index contributed by atoms with van der Waals surface area (Å²) in [5.41, 5.74) is -3.49. The minimum Gasteiger partial charge on any atom is -0.360 e. The molecule has 0 aromatic carbocycles. The molecule has 2 atom stereocenters. The molecule has 112 valence electrons. The molecule has 5 nitrogen and oxygen atoms in total. The highest BCUT2D eigenvalue weighted by Crippen LogP contribution is 2.42. The third-order valence-electron chi connectivity index (χ3n) is 2.88. The number of aliphatic imine (C=N–C) groups is 1. The van der Waals surface area contributed by atoms with E-state index in [1.165, 1.54) is 12.2 Å². The van der Waals surface area contributed by atoms with Crippen LogP contribution in [0.15, 0.2) is 28.4 Å². The lowest BCUT2D eigenvalue weighted by molar-refractivity contribution is -0.264. The van der Waals surface area contributed by atoms with Gasteiger partial charge in [0.05, 0.1) is 10.8 Å². The van der Waals surface area contributed by atoms with Crippen molar-refractivity contribution in [3.8, 4) is 0 Å². The van der Waals surface area contributed by atoms with E-state index in [0.717, 1.165) is 17.4 Å². The van der Waals surface area contributed by atoms with Gasteiger partial charge in [0.15, 0.2) is 0 Å². The normalized spacial score (nSPS) is 30.1. The van der Waals surface area contributed by atoms with Crippen LogP contribution in [-0.2, 0) is 9.84 Å². The SMILES string of the molecule is CS(=O)(=O)CC1N2C=C(Cl)C=CC2=NC1(O)C(F)(F)F. The predicted octanol–water partition coefficient (Wildman–Crippen LogP) is 1.01. The summed E-state index contributed by atoms with van der Waals surface area (Å²) in [5, 5.41) is 9.95. The van der Waals surface area contributed by atoms with Crippen molar-refractivity contribution in [2.45, 2.75) is 17.9 Å². The first-order valence-corrected chi connectivity index (χ1v) is 7.78. The van der Waals surface area contributed by atoms with Gasteiger partial charge in [0.1, 0.15) is 21.7 Å². The lowest BCUT2D eigenvalue weighted by Crippen LogP contribution is -2.57. The van der Waals surface area contributed by atoms with Crippen molar-refractivity contribution in [2.24, 2.45) is 4.99 Å². The van der Waals surface area contributed by atoms with E-state index in [-0.39, 0.29) is 10.9 Å². The third-order valence-corrected chi connectivity index (χ3v) is 4.03. The molecule has 2 unspecified atom stereocenters. The number of alkyl halides is 3. The van der Waals surface area contributed by atoms with E-state index in [9.17, 15) is 26.7 Å². The molecule has 0 bridgehead atoms. The monoisotopic (exact) mass is 330 g/mol. The van der Waals surface area contributed by atoms with Gasteiger partial charge < -0.3 is 10.0 Å². The topological polar surface area (TPSA) is 70.0 Å². The van der Waals surface area contributed by atoms with Gasteiger partial charge in [-0.05, 0) is 12.2 Å². The number of hydrogen-bond acceptors (Lipinski definition) is 5. The Morgan fingerprint density at radius 2 is 2.10 bits per heavy atom. The smallest absolute Gasteiger partial charge is 0.360 e. The molecule has 0 aromatic heterocycles. The molecule has 20 heavy (non-hydrogen) atoms. The average molecular weight is 331 g/mol. The summed E-state index contributed by atoms with van der Waals surface area (Å²) in [6.45, 7) is 0. The number of halogens is 4. The first-order chi connectivity index (χ1) is 8.94. The number of rotatable bonds is 2. The molecule has 2 aliphatic heterocycles. The highest BCUT2D eigenvalue weighted by atomic mass is 35.5. The lowest BCUT2D eigenvalue weighted by Gasteiger charge is -2.33. The number of sulfone groups is 1. The quantitative estimate of drug-likeness (QED) is 0.820. The summed E-state index contributed by atoms with van der Waals surface area (Å²) in [7, 11) is -3.78.